The highest BCUT2D eigenvalue weighted by Gasteiger charge is 2.47. The Labute approximate surface area is 240 Å². The molecular weight excluding hydrogens is 552 g/mol. The van der Waals surface area contributed by atoms with Gasteiger partial charge >= 0.3 is 0 Å². The Bertz CT molecular complexity index is 1410. The number of alkyl halides is 2. The molecule has 0 spiro atoms. The summed E-state index contributed by atoms with van der Waals surface area (Å²) in [6.45, 7) is 1.01. The van der Waals surface area contributed by atoms with Crippen molar-refractivity contribution in [1.82, 2.24) is 25.5 Å². The number of carbonyl (C=O) groups excluding carboxylic acids is 4. The van der Waals surface area contributed by atoms with E-state index in [1.54, 1.807) is 30.5 Å². The minimum absolute atomic E-state index is 0.0706. The molecule has 1 aromatic carbocycles. The number of hydrogen-bond acceptors (Lipinski definition) is 9. The van der Waals surface area contributed by atoms with Crippen molar-refractivity contribution in [2.24, 2.45) is 11.6 Å². The molecule has 0 saturated carbocycles. The van der Waals surface area contributed by atoms with Gasteiger partial charge in [0, 0.05) is 49.3 Å². The molecule has 224 valence electrons. The van der Waals surface area contributed by atoms with Gasteiger partial charge < -0.3 is 31.6 Å². The van der Waals surface area contributed by atoms with Gasteiger partial charge in [0.2, 0.25) is 17.7 Å². The van der Waals surface area contributed by atoms with Crippen molar-refractivity contribution in [1.29, 1.82) is 5.26 Å². The fraction of sp³-hybridized carbons (Fsp3) is 0.407. The maximum atomic E-state index is 13.7. The summed E-state index contributed by atoms with van der Waals surface area (Å²) >= 11 is 0. The van der Waals surface area contributed by atoms with Gasteiger partial charge in [-0.1, -0.05) is 19.1 Å². The number of likely N-dealkylation sites (tertiary alicyclic amines) is 1. The first-order valence-corrected chi connectivity index (χ1v) is 13.2. The van der Waals surface area contributed by atoms with Crippen LogP contribution in [0.15, 0.2) is 42.4 Å². The lowest BCUT2D eigenvalue weighted by Gasteiger charge is -2.19. The second kappa shape index (κ2) is 14.2. The summed E-state index contributed by atoms with van der Waals surface area (Å²) in [5.74, 6) is 0.344. The van der Waals surface area contributed by atoms with Crippen LogP contribution in [0.3, 0.4) is 0 Å². The first-order chi connectivity index (χ1) is 19.9. The van der Waals surface area contributed by atoms with Gasteiger partial charge in [-0.3, -0.25) is 24.2 Å². The second-order valence-corrected chi connectivity index (χ2v) is 9.66. The Morgan fingerprint density at radius 2 is 1.95 bits per heavy atom. The molecule has 1 aliphatic rings. The van der Waals surface area contributed by atoms with Crippen molar-refractivity contribution in [3.63, 3.8) is 0 Å². The number of benzene rings is 1. The van der Waals surface area contributed by atoms with Crippen LogP contribution in [0.25, 0.3) is 10.9 Å². The van der Waals surface area contributed by atoms with E-state index in [-0.39, 0.29) is 30.9 Å². The summed E-state index contributed by atoms with van der Waals surface area (Å²) in [7, 11) is 0. The summed E-state index contributed by atoms with van der Waals surface area (Å²) in [6.07, 6.45) is 2.63. The zero-order chi connectivity index (χ0) is 30.9. The Kier molecular flexibility index (Phi) is 10.7. The largest absolute Gasteiger partial charge is 0.401 e. The highest BCUT2D eigenvalue weighted by atomic mass is 19.3. The predicted octanol–water partition coefficient (Wildman–Crippen LogP) is 0.945. The molecule has 1 atom stereocenters. The topological polar surface area (TPSA) is 200 Å². The van der Waals surface area contributed by atoms with Gasteiger partial charge in [-0.15, -0.1) is 0 Å². The van der Waals surface area contributed by atoms with Crippen molar-refractivity contribution in [2.75, 3.05) is 31.5 Å². The zero-order valence-corrected chi connectivity index (χ0v) is 23.0. The summed E-state index contributed by atoms with van der Waals surface area (Å²) in [5, 5.41) is 18.6. The molecular formula is C27H33F2N9O4. The smallest absolute Gasteiger partial charge is 0.268 e. The van der Waals surface area contributed by atoms with E-state index in [4.69, 9.17) is 16.8 Å². The minimum atomic E-state index is -3.17. The number of amides is 4. The third-order valence-corrected chi connectivity index (χ3v) is 6.44. The van der Waals surface area contributed by atoms with Crippen LogP contribution in [0, 0.1) is 11.3 Å². The maximum Gasteiger partial charge on any atom is 0.268 e. The van der Waals surface area contributed by atoms with Crippen molar-refractivity contribution < 1.29 is 28.0 Å². The highest BCUT2D eigenvalue weighted by Crippen LogP contribution is 2.31. The van der Waals surface area contributed by atoms with E-state index in [0.717, 1.165) is 4.90 Å². The molecule has 42 heavy (non-hydrogen) atoms. The number of pyridine rings is 1. The molecule has 2 heterocycles. The van der Waals surface area contributed by atoms with E-state index in [1.807, 2.05) is 6.92 Å². The number of nitrogens with two attached hydrogens (primary N) is 2. The molecule has 1 fully saturated rings. The monoisotopic (exact) mass is 585 g/mol. The second-order valence-electron chi connectivity index (χ2n) is 9.66. The molecule has 1 aromatic heterocycles. The van der Waals surface area contributed by atoms with Crippen molar-refractivity contribution >= 4 is 40.2 Å². The van der Waals surface area contributed by atoms with Crippen molar-refractivity contribution in [3.05, 3.63) is 47.9 Å². The van der Waals surface area contributed by atoms with Crippen LogP contribution in [0.4, 0.5) is 14.5 Å². The van der Waals surface area contributed by atoms with Gasteiger partial charge in [-0.25, -0.2) is 14.6 Å². The first kappa shape index (κ1) is 31.7. The number of aromatic nitrogens is 1. The first-order valence-electron chi connectivity index (χ1n) is 13.2. The highest BCUT2D eigenvalue weighted by molar-refractivity contribution is 6.10. The average Bonchev–Trinajstić information content (AvgIpc) is 3.28. The molecule has 1 aliphatic heterocycles. The molecule has 7 N–H and O–H groups in total. The van der Waals surface area contributed by atoms with E-state index in [0.29, 0.717) is 35.3 Å². The van der Waals surface area contributed by atoms with Crippen LogP contribution < -0.4 is 27.5 Å². The van der Waals surface area contributed by atoms with E-state index in [1.165, 1.54) is 17.3 Å². The number of halogens is 2. The average molecular weight is 586 g/mol. The summed E-state index contributed by atoms with van der Waals surface area (Å²) in [6, 6.07) is 6.60. The quantitative estimate of drug-likeness (QED) is 0.178. The fourth-order valence-electron chi connectivity index (χ4n) is 4.24. The number of nitrogens with one attached hydrogen (secondary N) is 3. The number of allylic oxidation sites excluding steroid dienone is 1. The number of carbonyl (C=O) groups is 4. The molecule has 0 radical (unpaired) electrons. The van der Waals surface area contributed by atoms with E-state index in [2.05, 4.69) is 20.9 Å². The molecule has 1 unspecified atom stereocenters. The Hall–Kier alpha value is -4.84. The van der Waals surface area contributed by atoms with Gasteiger partial charge in [-0.2, -0.15) is 5.26 Å². The molecule has 13 nitrogen and oxygen atoms in total. The Balaban J connectivity index is 1.56. The lowest BCUT2D eigenvalue weighted by Crippen LogP contribution is -2.43. The summed E-state index contributed by atoms with van der Waals surface area (Å²) < 4.78 is 27.3. The predicted molar refractivity (Wildman–Crippen MR) is 149 cm³/mol. The third-order valence-electron chi connectivity index (χ3n) is 6.44. The number of nitrogens with zero attached hydrogens (tertiary/aromatic N) is 4. The van der Waals surface area contributed by atoms with Crippen LogP contribution in [0.1, 0.15) is 43.0 Å². The minimum Gasteiger partial charge on any atom is -0.401 e. The number of hydrogen-bond donors (Lipinski definition) is 5. The SMILES string of the molecule is CC/C(N)=C/N(N)CCNC(=O)CCC(=O)Nc1cccc2c(C(=O)NCC(=O)N3CC(F)(F)CC3C#N)ccnc12. The van der Waals surface area contributed by atoms with Crippen LogP contribution in [-0.4, -0.2) is 76.7 Å². The Morgan fingerprint density at radius 3 is 2.67 bits per heavy atom. The van der Waals surface area contributed by atoms with E-state index in [9.17, 15) is 28.0 Å². The van der Waals surface area contributed by atoms with Gasteiger partial charge in [-0.05, 0) is 18.6 Å². The maximum absolute atomic E-state index is 13.7. The van der Waals surface area contributed by atoms with Crippen molar-refractivity contribution in [3.8, 4) is 6.07 Å². The number of para-hydroxylation sites is 1. The Morgan fingerprint density at radius 1 is 1.21 bits per heavy atom. The number of anilines is 1. The molecule has 0 bridgehead atoms. The number of rotatable bonds is 12. The lowest BCUT2D eigenvalue weighted by atomic mass is 10.1. The molecule has 3 rings (SSSR count). The van der Waals surface area contributed by atoms with Gasteiger partial charge in [0.1, 0.15) is 6.04 Å². The fourth-order valence-corrected chi connectivity index (χ4v) is 4.24. The molecule has 0 aliphatic carbocycles. The van der Waals surface area contributed by atoms with E-state index < -0.39 is 49.2 Å². The summed E-state index contributed by atoms with van der Waals surface area (Å²) in [4.78, 5) is 55.0. The van der Waals surface area contributed by atoms with Crippen LogP contribution in [0.2, 0.25) is 0 Å². The standard InChI is InChI=1S/C27H33F2N9O4/c1-2-17(31)15-37(32)11-10-33-22(39)6-7-23(40)36-21-5-3-4-19-20(8-9-34-25(19)21)26(42)35-14-24(41)38-16-27(28,29)12-18(38)13-30/h3-5,8-9,15,18H,2,6-7,10-12,14,16,31-32H2,1H3,(H,33,39)(H,35,42)(H,36,40)/b17-15-. The van der Waals surface area contributed by atoms with E-state index >= 15 is 0 Å². The number of fused-ring (bicyclic) bond motifs is 1. The van der Waals surface area contributed by atoms with Gasteiger partial charge in [0.25, 0.3) is 11.8 Å². The molecule has 2 aromatic rings. The lowest BCUT2D eigenvalue weighted by molar-refractivity contribution is -0.131. The number of nitriles is 1. The zero-order valence-electron chi connectivity index (χ0n) is 23.0. The summed E-state index contributed by atoms with van der Waals surface area (Å²) in [5.41, 5.74) is 7.05. The number of hydrazine groups is 1. The van der Waals surface area contributed by atoms with Gasteiger partial charge in [0.05, 0.1) is 42.5 Å². The van der Waals surface area contributed by atoms with Gasteiger partial charge in [0.15, 0.2) is 0 Å². The molecule has 4 amide bonds. The van der Waals surface area contributed by atoms with Crippen molar-refractivity contribution in [2.45, 2.75) is 44.6 Å². The molecule has 1 saturated heterocycles. The van der Waals surface area contributed by atoms with Crippen LogP contribution >= 0.6 is 0 Å². The van der Waals surface area contributed by atoms with Crippen LogP contribution in [-0.2, 0) is 14.4 Å². The third kappa shape index (κ3) is 8.58. The normalized spacial score (nSPS) is 16.0. The van der Waals surface area contributed by atoms with Crippen LogP contribution in [0.5, 0.6) is 0 Å². The molecule has 15 heteroatoms.